The van der Waals surface area contributed by atoms with Crippen LogP contribution in [0.3, 0.4) is 0 Å². The number of esters is 1. The van der Waals surface area contributed by atoms with Crippen molar-refractivity contribution in [3.8, 4) is 0 Å². The smallest absolute Gasteiger partial charge is 0.330 e. The van der Waals surface area contributed by atoms with Gasteiger partial charge in [-0.25, -0.2) is 4.79 Å². The molecule has 0 heterocycles. The molecule has 0 bridgehead atoms. The fraction of sp³-hybridized carbons (Fsp3) is 0.769. The molecule has 0 amide bonds. The van der Waals surface area contributed by atoms with Crippen LogP contribution in [-0.2, 0) is 9.53 Å². The zero-order valence-corrected chi connectivity index (χ0v) is 9.87. The highest BCUT2D eigenvalue weighted by atomic mass is 16.5. The summed E-state index contributed by atoms with van der Waals surface area (Å²) in [5.41, 5.74) is 0. The molecule has 0 aliphatic heterocycles. The van der Waals surface area contributed by atoms with Gasteiger partial charge < -0.3 is 4.74 Å². The Morgan fingerprint density at radius 1 is 1.40 bits per heavy atom. The van der Waals surface area contributed by atoms with E-state index in [1.54, 1.807) is 6.08 Å². The Kier molecular flexibility index (Phi) is 5.44. The van der Waals surface area contributed by atoms with Crippen molar-refractivity contribution in [3.05, 3.63) is 12.2 Å². The van der Waals surface area contributed by atoms with E-state index >= 15 is 0 Å². The van der Waals surface area contributed by atoms with Gasteiger partial charge in [-0.1, -0.05) is 38.7 Å². The predicted octanol–water partition coefficient (Wildman–Crippen LogP) is 3.32. The summed E-state index contributed by atoms with van der Waals surface area (Å²) in [5.74, 6) is 1.25. The standard InChI is InChI=1S/C13H22O2/c1-3-4-5-6-7-11-10-12(11)8-9-13(14)15-2/h8-9,11-12H,3-7,10H2,1-2H3/b9-8-. The molecular formula is C13H22O2. The van der Waals surface area contributed by atoms with Crippen LogP contribution in [0.25, 0.3) is 0 Å². The Morgan fingerprint density at radius 2 is 2.20 bits per heavy atom. The number of unbranched alkanes of at least 4 members (excludes halogenated alkanes) is 3. The molecule has 2 heteroatoms. The number of rotatable bonds is 7. The minimum absolute atomic E-state index is 0.230. The van der Waals surface area contributed by atoms with Crippen LogP contribution in [0.15, 0.2) is 12.2 Å². The van der Waals surface area contributed by atoms with E-state index in [2.05, 4.69) is 11.7 Å². The third-order valence-electron chi connectivity index (χ3n) is 3.09. The number of carbonyl (C=O) groups excluding carboxylic acids is 1. The molecule has 2 nitrogen and oxygen atoms in total. The zero-order chi connectivity index (χ0) is 11.1. The van der Waals surface area contributed by atoms with Gasteiger partial charge in [0, 0.05) is 6.08 Å². The zero-order valence-electron chi connectivity index (χ0n) is 9.87. The summed E-state index contributed by atoms with van der Waals surface area (Å²) in [6, 6.07) is 0. The number of ether oxygens (including phenoxy) is 1. The number of methoxy groups -OCH3 is 1. The summed E-state index contributed by atoms with van der Waals surface area (Å²) >= 11 is 0. The van der Waals surface area contributed by atoms with Crippen molar-refractivity contribution in [1.29, 1.82) is 0 Å². The molecule has 0 aromatic heterocycles. The molecule has 2 unspecified atom stereocenters. The van der Waals surface area contributed by atoms with E-state index in [-0.39, 0.29) is 5.97 Å². The van der Waals surface area contributed by atoms with Crippen LogP contribution < -0.4 is 0 Å². The average molecular weight is 210 g/mol. The average Bonchev–Trinajstić information content (AvgIpc) is 3.00. The number of allylic oxidation sites excluding steroid dienone is 1. The van der Waals surface area contributed by atoms with Gasteiger partial charge in [-0.05, 0) is 24.7 Å². The highest BCUT2D eigenvalue weighted by molar-refractivity contribution is 5.81. The molecule has 1 fully saturated rings. The summed E-state index contributed by atoms with van der Waals surface area (Å²) in [7, 11) is 1.42. The first kappa shape index (κ1) is 12.3. The fourth-order valence-electron chi connectivity index (χ4n) is 1.94. The first-order valence-electron chi connectivity index (χ1n) is 6.04. The van der Waals surface area contributed by atoms with E-state index in [0.717, 1.165) is 5.92 Å². The van der Waals surface area contributed by atoms with Gasteiger partial charge in [0.25, 0.3) is 0 Å². The van der Waals surface area contributed by atoms with Gasteiger partial charge in [-0.3, -0.25) is 0 Å². The third kappa shape index (κ3) is 5.01. The number of hydrogen-bond donors (Lipinski definition) is 0. The molecule has 2 atom stereocenters. The molecule has 0 aromatic carbocycles. The number of hydrogen-bond acceptors (Lipinski definition) is 2. The summed E-state index contributed by atoms with van der Waals surface area (Å²) < 4.78 is 4.55. The normalized spacial score (nSPS) is 24.4. The van der Waals surface area contributed by atoms with Crippen molar-refractivity contribution in [2.24, 2.45) is 11.8 Å². The van der Waals surface area contributed by atoms with Crippen molar-refractivity contribution in [2.75, 3.05) is 7.11 Å². The summed E-state index contributed by atoms with van der Waals surface area (Å²) in [5, 5.41) is 0. The topological polar surface area (TPSA) is 26.3 Å². The molecule has 86 valence electrons. The SMILES string of the molecule is CCCCCCC1CC1/C=C\C(=O)OC. The molecule has 0 N–H and O–H groups in total. The van der Waals surface area contributed by atoms with Crippen LogP contribution in [-0.4, -0.2) is 13.1 Å². The minimum atomic E-state index is -0.230. The summed E-state index contributed by atoms with van der Waals surface area (Å²) in [6.45, 7) is 2.24. The van der Waals surface area contributed by atoms with Crippen molar-refractivity contribution in [1.82, 2.24) is 0 Å². The van der Waals surface area contributed by atoms with Crippen molar-refractivity contribution >= 4 is 5.97 Å². The van der Waals surface area contributed by atoms with Crippen molar-refractivity contribution < 1.29 is 9.53 Å². The van der Waals surface area contributed by atoms with Crippen LogP contribution in [0, 0.1) is 11.8 Å². The van der Waals surface area contributed by atoms with Gasteiger partial charge in [-0.2, -0.15) is 0 Å². The second kappa shape index (κ2) is 6.65. The fourth-order valence-corrected chi connectivity index (χ4v) is 1.94. The van der Waals surface area contributed by atoms with Crippen molar-refractivity contribution in [2.45, 2.75) is 45.4 Å². The van der Waals surface area contributed by atoms with E-state index in [1.807, 2.05) is 6.08 Å². The van der Waals surface area contributed by atoms with Crippen LogP contribution in [0.5, 0.6) is 0 Å². The lowest BCUT2D eigenvalue weighted by Gasteiger charge is -1.97. The van der Waals surface area contributed by atoms with Gasteiger partial charge in [0.2, 0.25) is 0 Å². The Morgan fingerprint density at radius 3 is 2.87 bits per heavy atom. The molecule has 1 saturated carbocycles. The van der Waals surface area contributed by atoms with E-state index < -0.39 is 0 Å². The Bertz CT molecular complexity index is 221. The predicted molar refractivity (Wildman–Crippen MR) is 61.5 cm³/mol. The van der Waals surface area contributed by atoms with E-state index in [9.17, 15) is 4.79 Å². The minimum Gasteiger partial charge on any atom is -0.466 e. The molecule has 15 heavy (non-hydrogen) atoms. The molecule has 0 saturated heterocycles. The first-order chi connectivity index (χ1) is 7.27. The molecule has 0 aromatic rings. The lowest BCUT2D eigenvalue weighted by Crippen LogP contribution is -1.93. The molecule has 1 aliphatic rings. The Labute approximate surface area is 92.7 Å². The van der Waals surface area contributed by atoms with E-state index in [4.69, 9.17) is 0 Å². The Balaban J connectivity index is 2.02. The summed E-state index contributed by atoms with van der Waals surface area (Å²) in [6.07, 6.45) is 11.5. The molecule has 1 rings (SSSR count). The van der Waals surface area contributed by atoms with E-state index in [1.165, 1.54) is 45.6 Å². The monoisotopic (exact) mass is 210 g/mol. The van der Waals surface area contributed by atoms with Crippen LogP contribution >= 0.6 is 0 Å². The van der Waals surface area contributed by atoms with Crippen molar-refractivity contribution in [3.63, 3.8) is 0 Å². The number of carbonyl (C=O) groups is 1. The highest BCUT2D eigenvalue weighted by Gasteiger charge is 2.33. The molecule has 0 spiro atoms. The molecule has 1 aliphatic carbocycles. The maximum absolute atomic E-state index is 10.8. The second-order valence-corrected chi connectivity index (χ2v) is 4.39. The first-order valence-corrected chi connectivity index (χ1v) is 6.04. The van der Waals surface area contributed by atoms with Crippen LogP contribution in [0.1, 0.15) is 45.4 Å². The van der Waals surface area contributed by atoms with Gasteiger partial charge in [0.1, 0.15) is 0 Å². The Hall–Kier alpha value is -0.790. The third-order valence-corrected chi connectivity index (χ3v) is 3.09. The maximum Gasteiger partial charge on any atom is 0.330 e. The lowest BCUT2D eigenvalue weighted by atomic mass is 10.1. The van der Waals surface area contributed by atoms with E-state index in [0.29, 0.717) is 5.92 Å². The highest BCUT2D eigenvalue weighted by Crippen LogP contribution is 2.43. The van der Waals surface area contributed by atoms with Gasteiger partial charge in [-0.15, -0.1) is 0 Å². The van der Waals surface area contributed by atoms with Gasteiger partial charge >= 0.3 is 5.97 Å². The van der Waals surface area contributed by atoms with Crippen LogP contribution in [0.4, 0.5) is 0 Å². The molecular weight excluding hydrogens is 188 g/mol. The molecule has 0 radical (unpaired) electrons. The van der Waals surface area contributed by atoms with Gasteiger partial charge in [0.15, 0.2) is 0 Å². The largest absolute Gasteiger partial charge is 0.466 e. The summed E-state index contributed by atoms with van der Waals surface area (Å²) in [4.78, 5) is 10.8. The quantitative estimate of drug-likeness (QED) is 0.366. The maximum atomic E-state index is 10.8. The second-order valence-electron chi connectivity index (χ2n) is 4.39. The van der Waals surface area contributed by atoms with Gasteiger partial charge in [0.05, 0.1) is 7.11 Å². The van der Waals surface area contributed by atoms with Crippen LogP contribution in [0.2, 0.25) is 0 Å². The lowest BCUT2D eigenvalue weighted by molar-refractivity contribution is -0.134.